The fraction of sp³-hybridized carbons (Fsp3) is 0.0833. The van der Waals surface area contributed by atoms with Crippen molar-refractivity contribution in [2.24, 2.45) is 5.73 Å². The van der Waals surface area contributed by atoms with Gasteiger partial charge in [-0.1, -0.05) is 24.3 Å². The van der Waals surface area contributed by atoms with Crippen LogP contribution < -0.4 is 5.73 Å². The Kier molecular flexibility index (Phi) is 2.44. The third-order valence-electron chi connectivity index (χ3n) is 2.02. The number of hydrogen-bond acceptors (Lipinski definition) is 2. The van der Waals surface area contributed by atoms with Gasteiger partial charge in [-0.3, -0.25) is 0 Å². The normalized spacial score (nSPS) is 9.50. The van der Waals surface area contributed by atoms with E-state index < -0.39 is 0 Å². The van der Waals surface area contributed by atoms with Gasteiger partial charge in [-0.2, -0.15) is 0 Å². The summed E-state index contributed by atoms with van der Waals surface area (Å²) in [6, 6.07) is 15.5. The van der Waals surface area contributed by atoms with Crippen molar-refractivity contribution in [1.29, 1.82) is 0 Å². The zero-order chi connectivity index (χ0) is 9.80. The Morgan fingerprint density at radius 2 is 2.21 bits per heavy atom. The van der Waals surface area contributed by atoms with Crippen molar-refractivity contribution < 1.29 is 0 Å². The minimum atomic E-state index is 0.552. The van der Waals surface area contributed by atoms with Gasteiger partial charge >= 0.3 is 0 Å². The van der Waals surface area contributed by atoms with E-state index in [0.29, 0.717) is 6.54 Å². The maximum atomic E-state index is 5.56. The average Bonchev–Trinajstić information content (AvgIpc) is 2.30. The molecule has 0 unspecified atom stereocenters. The van der Waals surface area contributed by atoms with Crippen LogP contribution in [0.2, 0.25) is 0 Å². The van der Waals surface area contributed by atoms with Gasteiger partial charge in [0.15, 0.2) is 0 Å². The van der Waals surface area contributed by atoms with E-state index in [1.54, 1.807) is 6.20 Å². The molecule has 0 spiro atoms. The fourth-order valence-corrected chi connectivity index (χ4v) is 1.30. The van der Waals surface area contributed by atoms with Gasteiger partial charge in [-0.05, 0) is 17.7 Å². The molecule has 0 aliphatic rings. The molecular formula is C12H10N2. The lowest BCUT2D eigenvalue weighted by Gasteiger charge is -2.01. The molecule has 0 fully saturated rings. The number of nitrogens with zero attached hydrogens (tertiary/aromatic N) is 1. The average molecular weight is 182 g/mol. The second-order valence-electron chi connectivity index (χ2n) is 2.98. The number of hydrogen-bond donors (Lipinski definition) is 1. The van der Waals surface area contributed by atoms with Gasteiger partial charge < -0.3 is 5.73 Å². The van der Waals surface area contributed by atoms with Crippen LogP contribution in [0.15, 0.2) is 36.5 Å². The van der Waals surface area contributed by atoms with E-state index in [2.05, 4.69) is 17.1 Å². The zero-order valence-electron chi connectivity index (χ0n) is 7.70. The van der Waals surface area contributed by atoms with E-state index in [1.807, 2.05) is 30.3 Å². The van der Waals surface area contributed by atoms with E-state index in [0.717, 1.165) is 16.8 Å². The van der Waals surface area contributed by atoms with Crippen LogP contribution in [0, 0.1) is 12.1 Å². The Morgan fingerprint density at radius 1 is 1.29 bits per heavy atom. The molecule has 2 nitrogen and oxygen atoms in total. The first kappa shape index (κ1) is 8.74. The maximum Gasteiger partial charge on any atom is 0.0793 e. The Labute approximate surface area is 83.4 Å². The summed E-state index contributed by atoms with van der Waals surface area (Å²) in [5.74, 6) is 0. The highest BCUT2D eigenvalue weighted by atomic mass is 14.7. The standard InChI is InChI=1S/C12H10N2/c13-9-10-4-3-5-11(8-10)12-6-1-2-7-14-12/h3-8H,9,13H2. The molecule has 2 aromatic rings. The van der Waals surface area contributed by atoms with Crippen LogP contribution in [-0.2, 0) is 6.54 Å². The molecule has 0 saturated carbocycles. The molecule has 0 saturated heterocycles. The Morgan fingerprint density at radius 3 is 2.93 bits per heavy atom. The SMILES string of the molecule is NCc1cccc(-c2cc#ccn2)c1. The molecule has 1 heterocycles. The molecule has 2 heteroatoms. The summed E-state index contributed by atoms with van der Waals surface area (Å²) in [6.45, 7) is 0.552. The molecule has 0 atom stereocenters. The van der Waals surface area contributed by atoms with E-state index in [4.69, 9.17) is 5.73 Å². The largest absolute Gasteiger partial charge is 0.326 e. The molecule has 0 radical (unpaired) electrons. The summed E-state index contributed by atoms with van der Waals surface area (Å²) in [5, 5.41) is 0. The third-order valence-corrected chi connectivity index (χ3v) is 2.02. The van der Waals surface area contributed by atoms with Crippen LogP contribution in [0.4, 0.5) is 0 Å². The number of benzene rings is 1. The maximum absolute atomic E-state index is 5.56. The van der Waals surface area contributed by atoms with Crippen LogP contribution in [-0.4, -0.2) is 4.98 Å². The van der Waals surface area contributed by atoms with Crippen LogP contribution in [0.5, 0.6) is 0 Å². The highest BCUT2D eigenvalue weighted by molar-refractivity contribution is 5.59. The van der Waals surface area contributed by atoms with E-state index in [1.165, 1.54) is 0 Å². The number of rotatable bonds is 2. The molecule has 14 heavy (non-hydrogen) atoms. The highest BCUT2D eigenvalue weighted by Gasteiger charge is 1.97. The summed E-state index contributed by atoms with van der Waals surface area (Å²) >= 11 is 0. The van der Waals surface area contributed by atoms with Gasteiger partial charge in [-0.15, -0.1) is 0 Å². The van der Waals surface area contributed by atoms with Crippen LogP contribution in [0.1, 0.15) is 5.56 Å². The topological polar surface area (TPSA) is 38.9 Å². The van der Waals surface area contributed by atoms with Crippen LogP contribution in [0.25, 0.3) is 11.3 Å². The van der Waals surface area contributed by atoms with Crippen molar-refractivity contribution in [2.75, 3.05) is 0 Å². The summed E-state index contributed by atoms with van der Waals surface area (Å²) in [7, 11) is 0. The van der Waals surface area contributed by atoms with Crippen molar-refractivity contribution in [3.8, 4) is 11.3 Å². The first-order chi connectivity index (χ1) is 6.90. The highest BCUT2D eigenvalue weighted by Crippen LogP contribution is 2.16. The Hall–Kier alpha value is -1.85. The van der Waals surface area contributed by atoms with Crippen molar-refractivity contribution >= 4 is 0 Å². The van der Waals surface area contributed by atoms with Crippen LogP contribution in [0.3, 0.4) is 0 Å². The van der Waals surface area contributed by atoms with Crippen molar-refractivity contribution in [3.63, 3.8) is 0 Å². The predicted molar refractivity (Wildman–Crippen MR) is 55.2 cm³/mol. The summed E-state index contributed by atoms with van der Waals surface area (Å²) in [5.41, 5.74) is 8.64. The Balaban J connectivity index is 2.42. The summed E-state index contributed by atoms with van der Waals surface area (Å²) in [6.07, 6.45) is 1.62. The smallest absolute Gasteiger partial charge is 0.0793 e. The Bertz CT molecular complexity index is 410. The first-order valence-corrected chi connectivity index (χ1v) is 4.43. The molecule has 1 aromatic carbocycles. The van der Waals surface area contributed by atoms with E-state index in [-0.39, 0.29) is 0 Å². The van der Waals surface area contributed by atoms with Gasteiger partial charge in [0.2, 0.25) is 0 Å². The minimum Gasteiger partial charge on any atom is -0.326 e. The predicted octanol–water partition coefficient (Wildman–Crippen LogP) is 1.81. The third kappa shape index (κ3) is 1.73. The van der Waals surface area contributed by atoms with Crippen LogP contribution >= 0.6 is 0 Å². The lowest BCUT2D eigenvalue weighted by molar-refractivity contribution is 1.07. The van der Waals surface area contributed by atoms with Crippen molar-refractivity contribution in [1.82, 2.24) is 4.98 Å². The molecule has 2 rings (SSSR count). The molecule has 0 aliphatic heterocycles. The monoisotopic (exact) mass is 182 g/mol. The van der Waals surface area contributed by atoms with Gasteiger partial charge in [-0.25, -0.2) is 4.98 Å². The van der Waals surface area contributed by atoms with Gasteiger partial charge in [0.05, 0.1) is 11.9 Å². The molecule has 0 bridgehead atoms. The molecule has 1 aromatic heterocycles. The van der Waals surface area contributed by atoms with Crippen molar-refractivity contribution in [3.05, 3.63) is 54.2 Å². The molecular weight excluding hydrogens is 172 g/mol. The second-order valence-corrected chi connectivity index (χ2v) is 2.98. The summed E-state index contributed by atoms with van der Waals surface area (Å²) in [4.78, 5) is 4.20. The lowest BCUT2D eigenvalue weighted by atomic mass is 10.1. The van der Waals surface area contributed by atoms with E-state index in [9.17, 15) is 0 Å². The lowest BCUT2D eigenvalue weighted by Crippen LogP contribution is -1.95. The van der Waals surface area contributed by atoms with Crippen molar-refractivity contribution in [2.45, 2.75) is 6.54 Å². The minimum absolute atomic E-state index is 0.552. The number of aromatic nitrogens is 1. The fourth-order valence-electron chi connectivity index (χ4n) is 1.30. The van der Waals surface area contributed by atoms with Gasteiger partial charge in [0.25, 0.3) is 0 Å². The molecule has 0 aliphatic carbocycles. The zero-order valence-corrected chi connectivity index (χ0v) is 7.70. The second kappa shape index (κ2) is 3.91. The van der Waals surface area contributed by atoms with Gasteiger partial charge in [0, 0.05) is 18.2 Å². The molecule has 2 N–H and O–H groups in total. The number of nitrogens with two attached hydrogens (primary N) is 1. The molecule has 0 amide bonds. The quantitative estimate of drug-likeness (QED) is 0.769. The first-order valence-electron chi connectivity index (χ1n) is 4.43. The summed E-state index contributed by atoms with van der Waals surface area (Å²) < 4.78 is 0. The molecule has 68 valence electrons. The van der Waals surface area contributed by atoms with Gasteiger partial charge in [0.1, 0.15) is 0 Å². The van der Waals surface area contributed by atoms with E-state index >= 15 is 0 Å².